The average molecular weight is 231 g/mol. The summed E-state index contributed by atoms with van der Waals surface area (Å²) in [6.07, 6.45) is 4.52. The van der Waals surface area contributed by atoms with Crippen molar-refractivity contribution < 1.29 is 16.0 Å². The Morgan fingerprint density at radius 2 is 1.75 bits per heavy atom. The summed E-state index contributed by atoms with van der Waals surface area (Å²) in [7, 11) is 0. The molecule has 0 aromatic carbocycles. The summed E-state index contributed by atoms with van der Waals surface area (Å²) < 4.78 is 18.3. The first-order valence-electron chi connectivity index (χ1n) is 6.70. The minimum absolute atomic E-state index is 0.447. The van der Waals surface area contributed by atoms with E-state index in [1.165, 1.54) is 6.08 Å². The van der Waals surface area contributed by atoms with Crippen molar-refractivity contribution in [3.8, 4) is 0 Å². The van der Waals surface area contributed by atoms with Gasteiger partial charge in [-0.1, -0.05) is 32.3 Å². The summed E-state index contributed by atoms with van der Waals surface area (Å²) in [5, 5.41) is 9.80. The second kappa shape index (κ2) is 11.1. The van der Waals surface area contributed by atoms with E-state index in [1.54, 1.807) is 6.08 Å². The Balaban J connectivity index is 4.13. The molecule has 0 aromatic heterocycles. The van der Waals surface area contributed by atoms with E-state index < -0.39 is 12.4 Å². The molecule has 0 bridgehead atoms. The number of hydrogen-bond donors (Lipinski definition) is 1. The van der Waals surface area contributed by atoms with E-state index in [4.69, 9.17) is 10.8 Å². The maximum atomic E-state index is 9.80. The Morgan fingerprint density at radius 3 is 2.25 bits per heavy atom. The van der Waals surface area contributed by atoms with E-state index in [1.807, 2.05) is 13.8 Å². The van der Waals surface area contributed by atoms with Crippen LogP contribution in [-0.2, 0) is 9.47 Å². The second-order valence-electron chi connectivity index (χ2n) is 3.59. The molecule has 0 aliphatic carbocycles. The fraction of sp³-hybridized carbons (Fsp3) is 0.846. The summed E-state index contributed by atoms with van der Waals surface area (Å²) in [6, 6.07) is 0. The van der Waals surface area contributed by atoms with E-state index in [0.29, 0.717) is 19.6 Å². The highest BCUT2D eigenvalue weighted by Gasteiger charge is 2.04. The lowest BCUT2D eigenvalue weighted by atomic mass is 10.1. The minimum Gasteiger partial charge on any atom is -0.389 e. The first-order chi connectivity index (χ1) is 8.05. The van der Waals surface area contributed by atoms with E-state index in [9.17, 15) is 5.11 Å². The lowest BCUT2D eigenvalue weighted by Crippen LogP contribution is -2.15. The molecule has 0 aliphatic heterocycles. The Kier molecular flexibility index (Phi) is 9.51. The van der Waals surface area contributed by atoms with E-state index in [0.717, 1.165) is 19.3 Å². The van der Waals surface area contributed by atoms with Gasteiger partial charge in [0.05, 0.1) is 7.45 Å². The van der Waals surface area contributed by atoms with Crippen molar-refractivity contribution in [2.45, 2.75) is 58.8 Å². The molecule has 16 heavy (non-hydrogen) atoms. The highest BCUT2D eigenvalue weighted by atomic mass is 16.7. The number of rotatable bonds is 10. The van der Waals surface area contributed by atoms with Gasteiger partial charge in [-0.2, -0.15) is 0 Å². The number of ether oxygens (including phenoxy) is 2. The topological polar surface area (TPSA) is 38.7 Å². The minimum atomic E-state index is -1.51. The molecule has 1 unspecified atom stereocenters. The van der Waals surface area contributed by atoms with Crippen LogP contribution < -0.4 is 0 Å². The molecule has 0 amide bonds. The predicted molar refractivity (Wildman–Crippen MR) is 66.3 cm³/mol. The molecule has 0 radical (unpaired) electrons. The van der Waals surface area contributed by atoms with Crippen molar-refractivity contribution in [3.63, 3.8) is 0 Å². The van der Waals surface area contributed by atoms with Gasteiger partial charge in [-0.15, -0.1) is 0 Å². The number of unbranched alkanes of at least 4 members (excludes halogenated alkanes) is 2. The molecule has 0 rings (SSSR count). The fourth-order valence-corrected chi connectivity index (χ4v) is 1.32. The van der Waals surface area contributed by atoms with Crippen molar-refractivity contribution in [1.82, 2.24) is 0 Å². The van der Waals surface area contributed by atoms with Crippen molar-refractivity contribution in [2.75, 3.05) is 13.2 Å². The van der Waals surface area contributed by atoms with Crippen molar-refractivity contribution in [2.24, 2.45) is 0 Å². The van der Waals surface area contributed by atoms with Crippen molar-refractivity contribution >= 4 is 0 Å². The average Bonchev–Trinajstić information content (AvgIpc) is 2.27. The maximum Gasteiger partial charge on any atom is 0.176 e. The van der Waals surface area contributed by atoms with Crippen LogP contribution in [0.1, 0.15) is 47.8 Å². The van der Waals surface area contributed by atoms with Crippen LogP contribution in [0.2, 0.25) is 0 Å². The van der Waals surface area contributed by atoms with Crippen LogP contribution in [0.25, 0.3) is 0 Å². The first-order valence-corrected chi connectivity index (χ1v) is 6.20. The molecule has 3 nitrogen and oxygen atoms in total. The molecule has 0 fully saturated rings. The Hall–Kier alpha value is -0.380. The molecular weight excluding hydrogens is 204 g/mol. The molecule has 0 saturated carbocycles. The molecule has 1 N–H and O–H groups in total. The van der Waals surface area contributed by atoms with Crippen LogP contribution in [0, 0.1) is 0 Å². The molecule has 0 aromatic rings. The fourth-order valence-electron chi connectivity index (χ4n) is 1.32. The highest BCUT2D eigenvalue weighted by molar-refractivity contribution is 4.91. The third-order valence-corrected chi connectivity index (χ3v) is 2.14. The maximum absolute atomic E-state index is 9.80. The van der Waals surface area contributed by atoms with Gasteiger partial charge in [0.2, 0.25) is 0 Å². The van der Waals surface area contributed by atoms with Gasteiger partial charge < -0.3 is 14.6 Å². The normalized spacial score (nSPS) is 16.7. The van der Waals surface area contributed by atoms with Crippen LogP contribution in [0.5, 0.6) is 0 Å². The number of aliphatic hydroxyl groups is 1. The third kappa shape index (κ3) is 8.89. The third-order valence-electron chi connectivity index (χ3n) is 2.14. The monoisotopic (exact) mass is 231 g/mol. The summed E-state index contributed by atoms with van der Waals surface area (Å²) in [6.45, 7) is 6.95. The lowest BCUT2D eigenvalue weighted by Gasteiger charge is -2.13. The van der Waals surface area contributed by atoms with Crippen LogP contribution in [0.4, 0.5) is 0 Å². The largest absolute Gasteiger partial charge is 0.389 e. The first kappa shape index (κ1) is 13.7. The van der Waals surface area contributed by atoms with Crippen molar-refractivity contribution in [3.05, 3.63) is 12.2 Å². The zero-order chi connectivity index (χ0) is 13.1. The summed E-state index contributed by atoms with van der Waals surface area (Å²) in [5.74, 6) is 0. The summed E-state index contributed by atoms with van der Waals surface area (Å²) >= 11 is 0. The van der Waals surface area contributed by atoms with Gasteiger partial charge in [0.1, 0.15) is 0 Å². The van der Waals surface area contributed by atoms with E-state index in [2.05, 4.69) is 6.92 Å². The summed E-state index contributed by atoms with van der Waals surface area (Å²) in [5.41, 5.74) is 0. The molecule has 0 spiro atoms. The van der Waals surface area contributed by atoms with Crippen LogP contribution in [0.15, 0.2) is 12.2 Å². The van der Waals surface area contributed by atoms with Gasteiger partial charge in [0.15, 0.2) is 6.29 Å². The van der Waals surface area contributed by atoms with E-state index >= 15 is 0 Å². The zero-order valence-electron chi connectivity index (χ0n) is 11.7. The smallest absolute Gasteiger partial charge is 0.176 e. The standard InChI is InChI=1S/C13H26O3/c1-4-7-8-9-12(14)10-11-13(15-5-2)16-6-3/h10-14H,4-9H2,1-3H3/b11-10+/i12D. The van der Waals surface area contributed by atoms with Gasteiger partial charge >= 0.3 is 0 Å². The Labute approximate surface area is 101 Å². The molecule has 96 valence electrons. The van der Waals surface area contributed by atoms with E-state index in [-0.39, 0.29) is 0 Å². The van der Waals surface area contributed by atoms with Gasteiger partial charge in [-0.3, -0.25) is 0 Å². The molecule has 0 heterocycles. The predicted octanol–water partition coefficient (Wildman–Crippen LogP) is 2.88. The quantitative estimate of drug-likeness (QED) is 0.357. The molecular formula is C13H26O3. The lowest BCUT2D eigenvalue weighted by molar-refractivity contribution is -0.104. The Bertz CT molecular complexity index is 199. The van der Waals surface area contributed by atoms with Crippen LogP contribution in [0.3, 0.4) is 0 Å². The zero-order valence-corrected chi connectivity index (χ0v) is 10.7. The molecule has 0 saturated heterocycles. The number of hydrogen-bond acceptors (Lipinski definition) is 3. The van der Waals surface area contributed by atoms with Crippen LogP contribution in [-0.4, -0.2) is 30.7 Å². The summed E-state index contributed by atoms with van der Waals surface area (Å²) in [4.78, 5) is 0. The molecule has 0 aliphatic rings. The van der Waals surface area contributed by atoms with Gasteiger partial charge in [-0.25, -0.2) is 0 Å². The van der Waals surface area contributed by atoms with Crippen molar-refractivity contribution in [1.29, 1.82) is 0 Å². The molecule has 3 heteroatoms. The molecule has 1 atom stereocenters. The second-order valence-corrected chi connectivity index (χ2v) is 3.59. The van der Waals surface area contributed by atoms with Gasteiger partial charge in [0.25, 0.3) is 0 Å². The SMILES string of the molecule is [2H]C(O)(/C=C/C(OCC)OCC)CCCCC. The van der Waals surface area contributed by atoms with Crippen LogP contribution >= 0.6 is 0 Å². The van der Waals surface area contributed by atoms with Gasteiger partial charge in [0, 0.05) is 13.2 Å². The Morgan fingerprint density at radius 1 is 1.12 bits per heavy atom. The highest BCUT2D eigenvalue weighted by Crippen LogP contribution is 2.06. The van der Waals surface area contributed by atoms with Gasteiger partial charge in [-0.05, 0) is 26.3 Å².